The summed E-state index contributed by atoms with van der Waals surface area (Å²) in [5.74, 6) is 4.88. The van der Waals surface area contributed by atoms with Crippen LogP contribution >= 0.6 is 22.6 Å². The minimum absolute atomic E-state index is 0.218. The Kier molecular flexibility index (Phi) is 4.27. The first kappa shape index (κ1) is 13.7. The van der Waals surface area contributed by atoms with Crippen LogP contribution in [0.5, 0.6) is 0 Å². The van der Waals surface area contributed by atoms with Gasteiger partial charge in [0.1, 0.15) is 17.3 Å². The van der Waals surface area contributed by atoms with Crippen molar-refractivity contribution in [3.05, 3.63) is 51.5 Å². The van der Waals surface area contributed by atoms with Crippen LogP contribution in [0.3, 0.4) is 0 Å². The van der Waals surface area contributed by atoms with E-state index in [0.29, 0.717) is 15.1 Å². The number of rotatable bonds is 3. The number of pyridine rings is 1. The van der Waals surface area contributed by atoms with Crippen LogP contribution in [0.4, 0.5) is 15.9 Å². The monoisotopic (exact) mass is 372 g/mol. The van der Waals surface area contributed by atoms with E-state index in [2.05, 4.69) is 15.7 Å². The normalized spacial score (nSPS) is 10.1. The zero-order valence-corrected chi connectivity index (χ0v) is 11.8. The quantitative estimate of drug-likeness (QED) is 0.439. The molecular formula is C12H10FIN4O. The number of halogens is 2. The summed E-state index contributed by atoms with van der Waals surface area (Å²) in [6, 6.07) is 8.97. The number of hydrogen-bond acceptors (Lipinski definition) is 4. The van der Waals surface area contributed by atoms with Gasteiger partial charge in [-0.1, -0.05) is 6.07 Å². The molecule has 1 heterocycles. The lowest BCUT2D eigenvalue weighted by Crippen LogP contribution is -2.16. The number of nitrogens with two attached hydrogens (primary N) is 1. The summed E-state index contributed by atoms with van der Waals surface area (Å²) in [5, 5.41) is 2.66. The summed E-state index contributed by atoms with van der Waals surface area (Å²) in [7, 11) is 0. The number of aromatic nitrogens is 1. The number of nitrogen functional groups attached to an aromatic ring is 1. The number of carbonyl (C=O) groups is 1. The molecule has 1 aromatic heterocycles. The van der Waals surface area contributed by atoms with Crippen LogP contribution in [0.25, 0.3) is 0 Å². The van der Waals surface area contributed by atoms with Crippen LogP contribution in [-0.2, 0) is 0 Å². The highest BCUT2D eigenvalue weighted by Crippen LogP contribution is 2.19. The highest BCUT2D eigenvalue weighted by atomic mass is 127. The van der Waals surface area contributed by atoms with Crippen molar-refractivity contribution < 1.29 is 9.18 Å². The maximum absolute atomic E-state index is 13.0. The van der Waals surface area contributed by atoms with Gasteiger partial charge in [-0.05, 0) is 52.9 Å². The van der Waals surface area contributed by atoms with Crippen LogP contribution in [0.2, 0.25) is 0 Å². The second-order valence-corrected chi connectivity index (χ2v) is 4.79. The van der Waals surface area contributed by atoms with Crippen molar-refractivity contribution >= 4 is 40.0 Å². The Bertz CT molecular complexity index is 620. The standard InChI is InChI=1S/C12H10FIN4O/c13-7-4-5-9(8(14)6-7)17-12(19)10-2-1-3-11(16-10)18-15/h1-6H,15H2,(H,16,18)(H,17,19). The van der Waals surface area contributed by atoms with Gasteiger partial charge in [0.2, 0.25) is 0 Å². The molecule has 1 aromatic carbocycles. The fraction of sp³-hybridized carbons (Fsp3) is 0. The SMILES string of the molecule is NNc1cccc(C(=O)Nc2ccc(F)cc2I)n1. The number of hydrogen-bond donors (Lipinski definition) is 3. The van der Waals surface area contributed by atoms with Crippen LogP contribution in [0.15, 0.2) is 36.4 Å². The lowest BCUT2D eigenvalue weighted by atomic mass is 10.3. The number of hydrazine groups is 1. The third kappa shape index (κ3) is 3.38. The van der Waals surface area contributed by atoms with E-state index in [4.69, 9.17) is 5.84 Å². The van der Waals surface area contributed by atoms with Crippen molar-refractivity contribution in [2.24, 2.45) is 5.84 Å². The molecular weight excluding hydrogens is 362 g/mol. The zero-order valence-electron chi connectivity index (χ0n) is 9.65. The lowest BCUT2D eigenvalue weighted by Gasteiger charge is -2.07. The maximum Gasteiger partial charge on any atom is 0.274 e. The first-order valence-corrected chi connectivity index (χ1v) is 6.38. The van der Waals surface area contributed by atoms with Crippen LogP contribution in [-0.4, -0.2) is 10.9 Å². The molecule has 0 atom stereocenters. The van der Waals surface area contributed by atoms with E-state index in [1.807, 2.05) is 22.6 Å². The molecule has 19 heavy (non-hydrogen) atoms. The van der Waals surface area contributed by atoms with Crippen molar-refractivity contribution in [2.45, 2.75) is 0 Å². The zero-order chi connectivity index (χ0) is 13.8. The fourth-order valence-electron chi connectivity index (χ4n) is 1.42. The van der Waals surface area contributed by atoms with E-state index in [0.717, 1.165) is 0 Å². The summed E-state index contributed by atoms with van der Waals surface area (Å²) >= 11 is 1.95. The largest absolute Gasteiger partial charge is 0.320 e. The summed E-state index contributed by atoms with van der Waals surface area (Å²) in [6.07, 6.45) is 0. The highest BCUT2D eigenvalue weighted by molar-refractivity contribution is 14.1. The van der Waals surface area contributed by atoms with Gasteiger partial charge in [0.05, 0.1) is 5.69 Å². The molecule has 0 radical (unpaired) electrons. The molecule has 0 aliphatic carbocycles. The molecule has 2 rings (SSSR count). The van der Waals surface area contributed by atoms with Crippen molar-refractivity contribution in [1.82, 2.24) is 4.98 Å². The molecule has 0 spiro atoms. The summed E-state index contributed by atoms with van der Waals surface area (Å²) in [4.78, 5) is 16.0. The number of nitrogens with zero attached hydrogens (tertiary/aromatic N) is 1. The first-order chi connectivity index (χ1) is 9.10. The molecule has 5 nitrogen and oxygen atoms in total. The number of benzene rings is 1. The molecule has 0 unspecified atom stereocenters. The minimum atomic E-state index is -0.387. The Labute approximate surface area is 122 Å². The molecule has 0 saturated carbocycles. The van der Waals surface area contributed by atoms with E-state index >= 15 is 0 Å². The number of carbonyl (C=O) groups excluding carboxylic acids is 1. The van der Waals surface area contributed by atoms with Gasteiger partial charge in [0.15, 0.2) is 0 Å². The molecule has 98 valence electrons. The molecule has 0 aliphatic rings. The summed E-state index contributed by atoms with van der Waals surface area (Å²) in [6.45, 7) is 0. The van der Waals surface area contributed by atoms with E-state index in [9.17, 15) is 9.18 Å². The van der Waals surface area contributed by atoms with E-state index < -0.39 is 0 Å². The predicted octanol–water partition coefficient (Wildman–Crippen LogP) is 2.36. The third-order valence-corrected chi connectivity index (χ3v) is 3.20. The van der Waals surface area contributed by atoms with Crippen LogP contribution < -0.4 is 16.6 Å². The van der Waals surface area contributed by atoms with Crippen molar-refractivity contribution in [2.75, 3.05) is 10.7 Å². The van der Waals surface area contributed by atoms with E-state index in [-0.39, 0.29) is 17.4 Å². The lowest BCUT2D eigenvalue weighted by molar-refractivity contribution is 0.102. The smallest absolute Gasteiger partial charge is 0.274 e. The highest BCUT2D eigenvalue weighted by Gasteiger charge is 2.10. The maximum atomic E-state index is 13.0. The van der Waals surface area contributed by atoms with Crippen molar-refractivity contribution in [1.29, 1.82) is 0 Å². The Hall–Kier alpha value is -1.74. The Balaban J connectivity index is 2.20. The van der Waals surface area contributed by atoms with Gasteiger partial charge in [-0.25, -0.2) is 15.2 Å². The van der Waals surface area contributed by atoms with Crippen LogP contribution in [0, 0.1) is 9.39 Å². The molecule has 1 amide bonds. The Morgan fingerprint density at radius 1 is 1.32 bits per heavy atom. The Morgan fingerprint density at radius 2 is 2.11 bits per heavy atom. The average molecular weight is 372 g/mol. The number of anilines is 2. The van der Waals surface area contributed by atoms with Crippen molar-refractivity contribution in [3.8, 4) is 0 Å². The second-order valence-electron chi connectivity index (χ2n) is 3.63. The van der Waals surface area contributed by atoms with E-state index in [1.165, 1.54) is 18.2 Å². The minimum Gasteiger partial charge on any atom is -0.320 e. The van der Waals surface area contributed by atoms with Crippen LogP contribution in [0.1, 0.15) is 10.5 Å². The predicted molar refractivity (Wildman–Crippen MR) is 79.1 cm³/mol. The average Bonchev–Trinajstić information content (AvgIpc) is 2.42. The van der Waals surface area contributed by atoms with Gasteiger partial charge >= 0.3 is 0 Å². The van der Waals surface area contributed by atoms with Gasteiger partial charge in [-0.3, -0.25) is 4.79 Å². The topological polar surface area (TPSA) is 80.0 Å². The second kappa shape index (κ2) is 5.93. The van der Waals surface area contributed by atoms with Gasteiger partial charge < -0.3 is 10.7 Å². The number of amides is 1. The molecule has 0 bridgehead atoms. The molecule has 0 aliphatic heterocycles. The molecule has 0 saturated heterocycles. The molecule has 4 N–H and O–H groups in total. The molecule has 2 aromatic rings. The molecule has 0 fully saturated rings. The Morgan fingerprint density at radius 3 is 2.79 bits per heavy atom. The first-order valence-electron chi connectivity index (χ1n) is 5.30. The van der Waals surface area contributed by atoms with Crippen molar-refractivity contribution in [3.63, 3.8) is 0 Å². The molecule has 7 heteroatoms. The van der Waals surface area contributed by atoms with E-state index in [1.54, 1.807) is 18.2 Å². The fourth-order valence-corrected chi connectivity index (χ4v) is 2.03. The van der Waals surface area contributed by atoms with Gasteiger partial charge in [0.25, 0.3) is 5.91 Å². The number of nitrogens with one attached hydrogen (secondary N) is 2. The van der Waals surface area contributed by atoms with Gasteiger partial charge in [-0.15, -0.1) is 0 Å². The van der Waals surface area contributed by atoms with Gasteiger partial charge in [-0.2, -0.15) is 0 Å². The van der Waals surface area contributed by atoms with Gasteiger partial charge in [0, 0.05) is 3.57 Å². The summed E-state index contributed by atoms with van der Waals surface area (Å²) in [5.41, 5.74) is 3.11. The third-order valence-electron chi connectivity index (χ3n) is 2.31. The summed E-state index contributed by atoms with van der Waals surface area (Å²) < 4.78 is 13.6.